The van der Waals surface area contributed by atoms with Gasteiger partial charge in [0, 0.05) is 10.5 Å². The minimum Gasteiger partial charge on any atom is -0.496 e. The van der Waals surface area contributed by atoms with Gasteiger partial charge in [-0.1, -0.05) is 18.5 Å². The molecule has 0 radical (unpaired) electrons. The lowest BCUT2D eigenvalue weighted by Gasteiger charge is -2.07. The number of halogens is 2. The van der Waals surface area contributed by atoms with E-state index in [0.29, 0.717) is 5.02 Å². The highest BCUT2D eigenvalue weighted by Gasteiger charge is 2.05. The van der Waals surface area contributed by atoms with Crippen LogP contribution in [0.25, 0.3) is 0 Å². The highest BCUT2D eigenvalue weighted by atomic mass is 79.9. The van der Waals surface area contributed by atoms with E-state index in [1.54, 1.807) is 7.11 Å². The van der Waals surface area contributed by atoms with Crippen LogP contribution in [-0.4, -0.2) is 7.11 Å². The molecule has 1 aromatic rings. The molecule has 12 heavy (non-hydrogen) atoms. The molecular weight excluding hydrogens is 239 g/mol. The molecular formula is C9H10BrClO. The first-order valence-corrected chi connectivity index (χ1v) is 4.88. The predicted molar refractivity (Wildman–Crippen MR) is 55.1 cm³/mol. The van der Waals surface area contributed by atoms with E-state index in [1.807, 2.05) is 12.1 Å². The molecule has 3 heteroatoms. The fourth-order valence-electron chi connectivity index (χ4n) is 1.04. The van der Waals surface area contributed by atoms with Crippen LogP contribution >= 0.6 is 27.5 Å². The Kier molecular flexibility index (Phi) is 3.41. The highest BCUT2D eigenvalue weighted by Crippen LogP contribution is 2.30. The summed E-state index contributed by atoms with van der Waals surface area (Å²) in [5, 5.41) is 0.684. The molecule has 1 rings (SSSR count). The van der Waals surface area contributed by atoms with Gasteiger partial charge in [0.05, 0.1) is 12.1 Å². The highest BCUT2D eigenvalue weighted by molar-refractivity contribution is 9.10. The second-order valence-corrected chi connectivity index (χ2v) is 3.69. The zero-order chi connectivity index (χ0) is 9.14. The number of hydrogen-bond donors (Lipinski definition) is 0. The molecule has 0 aliphatic rings. The van der Waals surface area contributed by atoms with Gasteiger partial charge in [0.1, 0.15) is 5.75 Å². The van der Waals surface area contributed by atoms with Gasteiger partial charge < -0.3 is 4.74 Å². The first-order valence-electron chi connectivity index (χ1n) is 3.71. The first kappa shape index (κ1) is 9.87. The molecule has 0 aliphatic heterocycles. The minimum absolute atomic E-state index is 0.684. The van der Waals surface area contributed by atoms with Gasteiger partial charge in [-0.15, -0.1) is 0 Å². The van der Waals surface area contributed by atoms with Crippen LogP contribution in [-0.2, 0) is 6.42 Å². The summed E-state index contributed by atoms with van der Waals surface area (Å²) in [5.74, 6) is 0.853. The number of rotatable bonds is 2. The number of hydrogen-bond acceptors (Lipinski definition) is 1. The van der Waals surface area contributed by atoms with Crippen LogP contribution in [0.2, 0.25) is 5.02 Å². The molecule has 0 unspecified atom stereocenters. The van der Waals surface area contributed by atoms with Gasteiger partial charge in [0.15, 0.2) is 0 Å². The second-order valence-electron chi connectivity index (χ2n) is 2.43. The second kappa shape index (κ2) is 4.15. The van der Waals surface area contributed by atoms with Crippen molar-refractivity contribution in [2.24, 2.45) is 0 Å². The third kappa shape index (κ3) is 1.93. The molecule has 0 fully saturated rings. The summed E-state index contributed by atoms with van der Waals surface area (Å²) in [5.41, 5.74) is 1.16. The van der Waals surface area contributed by atoms with Gasteiger partial charge in [-0.2, -0.15) is 0 Å². The summed E-state index contributed by atoms with van der Waals surface area (Å²) in [6.45, 7) is 2.08. The molecule has 1 aromatic carbocycles. The van der Waals surface area contributed by atoms with E-state index in [4.69, 9.17) is 16.3 Å². The zero-order valence-electron chi connectivity index (χ0n) is 7.03. The van der Waals surface area contributed by atoms with Crippen LogP contribution in [0.5, 0.6) is 5.75 Å². The van der Waals surface area contributed by atoms with Gasteiger partial charge in [0.25, 0.3) is 0 Å². The van der Waals surface area contributed by atoms with Crippen LogP contribution in [0.1, 0.15) is 12.5 Å². The number of ether oxygens (including phenoxy) is 1. The molecule has 0 aromatic heterocycles. The van der Waals surface area contributed by atoms with Crippen LogP contribution in [0.15, 0.2) is 16.6 Å². The van der Waals surface area contributed by atoms with Crippen LogP contribution < -0.4 is 4.74 Å². The standard InChI is InChI=1S/C9H10BrClO/c1-3-6-4-7(10)8(11)5-9(6)12-2/h4-5H,3H2,1-2H3. The van der Waals surface area contributed by atoms with Gasteiger partial charge in [0.2, 0.25) is 0 Å². The Labute approximate surface area is 85.8 Å². The number of benzene rings is 1. The Morgan fingerprint density at radius 1 is 1.50 bits per heavy atom. The van der Waals surface area contributed by atoms with E-state index >= 15 is 0 Å². The van der Waals surface area contributed by atoms with E-state index in [2.05, 4.69) is 22.9 Å². The Balaban J connectivity index is 3.19. The summed E-state index contributed by atoms with van der Waals surface area (Å²) in [7, 11) is 1.65. The van der Waals surface area contributed by atoms with E-state index in [0.717, 1.165) is 22.2 Å². The minimum atomic E-state index is 0.684. The van der Waals surface area contributed by atoms with Crippen molar-refractivity contribution < 1.29 is 4.74 Å². The summed E-state index contributed by atoms with van der Waals surface area (Å²) in [6.07, 6.45) is 0.943. The van der Waals surface area contributed by atoms with Crippen molar-refractivity contribution in [2.75, 3.05) is 7.11 Å². The van der Waals surface area contributed by atoms with Crippen LogP contribution in [0.4, 0.5) is 0 Å². The molecule has 66 valence electrons. The van der Waals surface area contributed by atoms with Crippen molar-refractivity contribution in [2.45, 2.75) is 13.3 Å². The Hall–Kier alpha value is -0.210. The zero-order valence-corrected chi connectivity index (χ0v) is 9.37. The summed E-state index contributed by atoms with van der Waals surface area (Å²) < 4.78 is 6.09. The lowest BCUT2D eigenvalue weighted by atomic mass is 10.1. The van der Waals surface area contributed by atoms with E-state index in [9.17, 15) is 0 Å². The van der Waals surface area contributed by atoms with Crippen molar-refractivity contribution in [3.8, 4) is 5.75 Å². The van der Waals surface area contributed by atoms with Gasteiger partial charge in [-0.3, -0.25) is 0 Å². The smallest absolute Gasteiger partial charge is 0.123 e. The molecule has 0 heterocycles. The molecule has 0 aliphatic carbocycles. The summed E-state index contributed by atoms with van der Waals surface area (Å²) in [6, 6.07) is 3.81. The first-order chi connectivity index (χ1) is 5.69. The summed E-state index contributed by atoms with van der Waals surface area (Å²) in [4.78, 5) is 0. The van der Waals surface area contributed by atoms with Gasteiger partial charge >= 0.3 is 0 Å². The van der Waals surface area contributed by atoms with E-state index < -0.39 is 0 Å². The fraction of sp³-hybridized carbons (Fsp3) is 0.333. The van der Waals surface area contributed by atoms with Gasteiger partial charge in [-0.05, 0) is 34.0 Å². The largest absolute Gasteiger partial charge is 0.496 e. The van der Waals surface area contributed by atoms with Crippen LogP contribution in [0.3, 0.4) is 0 Å². The average molecular weight is 250 g/mol. The van der Waals surface area contributed by atoms with Crippen molar-refractivity contribution in [3.05, 3.63) is 27.2 Å². The Morgan fingerprint density at radius 2 is 2.17 bits per heavy atom. The predicted octanol–water partition coefficient (Wildman–Crippen LogP) is 3.67. The maximum atomic E-state index is 5.89. The normalized spacial score (nSPS) is 10.0. The van der Waals surface area contributed by atoms with E-state index in [-0.39, 0.29) is 0 Å². The fourth-order valence-corrected chi connectivity index (χ4v) is 1.58. The Bertz CT molecular complexity index is 257. The van der Waals surface area contributed by atoms with Crippen molar-refractivity contribution in [3.63, 3.8) is 0 Å². The SMILES string of the molecule is CCc1cc(Br)c(Cl)cc1OC. The maximum Gasteiger partial charge on any atom is 0.123 e. The third-order valence-corrected chi connectivity index (χ3v) is 2.90. The number of aryl methyl sites for hydroxylation is 1. The molecule has 0 amide bonds. The molecule has 0 spiro atoms. The van der Waals surface area contributed by atoms with E-state index in [1.165, 1.54) is 0 Å². The molecule has 0 saturated carbocycles. The molecule has 1 nitrogen and oxygen atoms in total. The van der Waals surface area contributed by atoms with Gasteiger partial charge in [-0.25, -0.2) is 0 Å². The monoisotopic (exact) mass is 248 g/mol. The summed E-state index contributed by atoms with van der Waals surface area (Å²) >= 11 is 9.26. The van der Waals surface area contributed by atoms with Crippen molar-refractivity contribution in [1.29, 1.82) is 0 Å². The average Bonchev–Trinajstić information content (AvgIpc) is 2.09. The number of methoxy groups -OCH3 is 1. The molecule has 0 bridgehead atoms. The maximum absolute atomic E-state index is 5.89. The van der Waals surface area contributed by atoms with Crippen LogP contribution in [0, 0.1) is 0 Å². The third-order valence-electron chi connectivity index (χ3n) is 1.70. The lowest BCUT2D eigenvalue weighted by molar-refractivity contribution is 0.410. The molecule has 0 atom stereocenters. The van der Waals surface area contributed by atoms with Crippen molar-refractivity contribution >= 4 is 27.5 Å². The Morgan fingerprint density at radius 3 is 2.67 bits per heavy atom. The molecule has 0 saturated heterocycles. The quantitative estimate of drug-likeness (QED) is 0.777. The lowest BCUT2D eigenvalue weighted by Crippen LogP contribution is -1.90. The van der Waals surface area contributed by atoms with Crippen molar-refractivity contribution in [1.82, 2.24) is 0 Å². The topological polar surface area (TPSA) is 9.23 Å². The molecule has 0 N–H and O–H groups in total.